The first-order valence-electron chi connectivity index (χ1n) is 26.5. The van der Waals surface area contributed by atoms with E-state index in [9.17, 15) is 33.6 Å². The number of fused-ring (bicyclic) bond motifs is 7. The highest BCUT2D eigenvalue weighted by molar-refractivity contribution is 5.69. The van der Waals surface area contributed by atoms with E-state index in [1.165, 1.54) is 13.8 Å². The van der Waals surface area contributed by atoms with Crippen molar-refractivity contribution in [1.29, 1.82) is 0 Å². The van der Waals surface area contributed by atoms with Gasteiger partial charge in [0, 0.05) is 60.8 Å². The van der Waals surface area contributed by atoms with Gasteiger partial charge in [-0.1, -0.05) is 27.7 Å². The summed E-state index contributed by atoms with van der Waals surface area (Å²) in [4.78, 5) is 88.3. The molecule has 20 heteroatoms. The van der Waals surface area contributed by atoms with Crippen LogP contribution in [0.5, 0.6) is 0 Å². The molecule has 0 aromatic rings. The SMILES string of the molecule is CC(=O)OC[C@H]1O[C@@H](O[C@H]2[C@H](OC(C)=O)[C@@H](OC(C)=O)[C@H](O[C@H]3CC[C@@]4(C)[C@@H](CC[C@@H]5[C@@H]4CC[C@]4(C)C6C(C[C@@H]54)O[C@]4(CC[C@@H](C)CO4)C6C)C3)O[C@@H]2COC(C)=O)[C@H](OC(C)=O)[C@@H](OC(C)=O)[C@@H]1OC(C)=O. The van der Waals surface area contributed by atoms with Crippen LogP contribution in [-0.2, 0) is 95.1 Å². The highest BCUT2D eigenvalue weighted by Gasteiger charge is 2.69. The van der Waals surface area contributed by atoms with Gasteiger partial charge in [0.05, 0.1) is 18.8 Å². The van der Waals surface area contributed by atoms with E-state index in [2.05, 4.69) is 27.7 Å². The smallest absolute Gasteiger partial charge is 0.303 e. The average molecular weight is 1040 g/mol. The Balaban J connectivity index is 1.03. The van der Waals surface area contributed by atoms with Gasteiger partial charge in [-0.05, 0) is 104 Å². The minimum Gasteiger partial charge on any atom is -0.463 e. The number of hydrogen-bond donors (Lipinski definition) is 0. The van der Waals surface area contributed by atoms with Gasteiger partial charge in [0.15, 0.2) is 48.9 Å². The summed E-state index contributed by atoms with van der Waals surface area (Å²) < 4.78 is 79.2. The summed E-state index contributed by atoms with van der Waals surface area (Å²) in [6.07, 6.45) is -5.52. The number of carbonyl (C=O) groups is 7. The van der Waals surface area contributed by atoms with E-state index in [4.69, 9.17) is 61.6 Å². The second-order valence-electron chi connectivity index (χ2n) is 22.9. The first-order valence-corrected chi connectivity index (χ1v) is 26.5. The standard InChI is InChI=1S/C53H78O20/c1-25-14-19-53(63-22-25)26(2)42-39(73-53)21-38-36-13-12-34-20-35(15-17-51(34,10)37(36)16-18-52(38,42)11)69-49-47(67-32(8)59)46(66-31(7)58)44(41(70-49)24-62-28(4)55)72-50-48(68-33(9)60)45(65-30(6)57)43(64-29(5)56)40(71-50)23-61-27(3)54/h25-26,34-50H,12-24H2,1-11H3/t25-,26?,34+,35+,36-,37+,38+,39?,40-,41-,42?,43-,44-,45+,46+,47-,48-,49-,50+,51+,52+,53-/m1/s1. The summed E-state index contributed by atoms with van der Waals surface area (Å²) >= 11 is 0. The molecule has 3 unspecified atom stereocenters. The van der Waals surface area contributed by atoms with Crippen LogP contribution in [0.3, 0.4) is 0 Å². The molecule has 4 heterocycles. The van der Waals surface area contributed by atoms with Crippen LogP contribution in [0.25, 0.3) is 0 Å². The first kappa shape index (κ1) is 55.3. The van der Waals surface area contributed by atoms with Crippen molar-refractivity contribution in [1.82, 2.24) is 0 Å². The molecule has 410 valence electrons. The Bertz CT molecular complexity index is 2070. The van der Waals surface area contributed by atoms with Gasteiger partial charge in [-0.3, -0.25) is 33.6 Å². The molecule has 0 aromatic heterocycles. The molecule has 4 saturated carbocycles. The fourth-order valence-electron chi connectivity index (χ4n) is 15.1. The van der Waals surface area contributed by atoms with Crippen LogP contribution in [0.2, 0.25) is 0 Å². The molecule has 73 heavy (non-hydrogen) atoms. The summed E-state index contributed by atoms with van der Waals surface area (Å²) in [7, 11) is 0. The van der Waals surface area contributed by atoms with Crippen LogP contribution >= 0.6 is 0 Å². The van der Waals surface area contributed by atoms with Crippen molar-refractivity contribution in [2.24, 2.45) is 52.3 Å². The fourth-order valence-corrected chi connectivity index (χ4v) is 15.1. The third-order valence-electron chi connectivity index (χ3n) is 18.1. The Morgan fingerprint density at radius 1 is 0.521 bits per heavy atom. The Morgan fingerprint density at radius 3 is 1.59 bits per heavy atom. The molecular weight excluding hydrogens is 957 g/mol. The summed E-state index contributed by atoms with van der Waals surface area (Å²) in [6.45, 7) is 17.2. The lowest BCUT2D eigenvalue weighted by atomic mass is 9.44. The Kier molecular flexibility index (Phi) is 16.6. The second-order valence-corrected chi connectivity index (χ2v) is 22.9. The topological polar surface area (TPSA) is 239 Å². The highest BCUT2D eigenvalue weighted by Crippen LogP contribution is 2.71. The minimum atomic E-state index is -1.78. The van der Waals surface area contributed by atoms with Crippen LogP contribution in [0, 0.1) is 52.3 Å². The number of carbonyl (C=O) groups excluding carboxylic acids is 7. The van der Waals surface area contributed by atoms with E-state index in [1.54, 1.807) is 0 Å². The van der Waals surface area contributed by atoms with E-state index in [0.29, 0.717) is 54.3 Å². The molecule has 0 N–H and O–H groups in total. The molecule has 8 rings (SSSR count). The fraction of sp³-hybridized carbons (Fsp3) is 0.868. The van der Waals surface area contributed by atoms with Crippen LogP contribution in [0.1, 0.15) is 140 Å². The minimum absolute atomic E-state index is 0.0577. The lowest BCUT2D eigenvalue weighted by molar-refractivity contribution is -0.365. The van der Waals surface area contributed by atoms with Gasteiger partial charge in [-0.25, -0.2) is 0 Å². The van der Waals surface area contributed by atoms with Gasteiger partial charge in [0.1, 0.15) is 31.5 Å². The zero-order valence-corrected chi connectivity index (χ0v) is 44.3. The second kappa shape index (κ2) is 22.0. The summed E-state index contributed by atoms with van der Waals surface area (Å²) in [5.41, 5.74) is 0.242. The molecule has 22 atom stereocenters. The van der Waals surface area contributed by atoms with Gasteiger partial charge in [0.2, 0.25) is 0 Å². The van der Waals surface area contributed by atoms with Crippen LogP contribution in [-0.4, -0.2) is 141 Å². The summed E-state index contributed by atoms with van der Waals surface area (Å²) in [5, 5.41) is 0. The van der Waals surface area contributed by atoms with E-state index < -0.39 is 122 Å². The predicted molar refractivity (Wildman–Crippen MR) is 250 cm³/mol. The molecule has 1 spiro atoms. The molecule has 0 radical (unpaired) electrons. The summed E-state index contributed by atoms with van der Waals surface area (Å²) in [6, 6.07) is 0. The van der Waals surface area contributed by atoms with Gasteiger partial charge < -0.3 is 61.6 Å². The Hall–Kier alpha value is -3.95. The van der Waals surface area contributed by atoms with E-state index >= 15 is 0 Å². The van der Waals surface area contributed by atoms with Crippen molar-refractivity contribution in [2.45, 2.75) is 220 Å². The third-order valence-corrected chi connectivity index (χ3v) is 18.1. The zero-order chi connectivity index (χ0) is 52.9. The number of ether oxygens (including phenoxy) is 13. The zero-order valence-electron chi connectivity index (χ0n) is 44.3. The maximum absolute atomic E-state index is 13.1. The molecule has 20 nitrogen and oxygen atoms in total. The lowest BCUT2D eigenvalue weighted by Crippen LogP contribution is -2.67. The van der Waals surface area contributed by atoms with Crippen molar-refractivity contribution in [2.75, 3.05) is 19.8 Å². The van der Waals surface area contributed by atoms with E-state index in [1.807, 2.05) is 0 Å². The molecule has 8 fully saturated rings. The summed E-state index contributed by atoms with van der Waals surface area (Å²) in [5.74, 6) is -2.67. The van der Waals surface area contributed by atoms with Crippen LogP contribution in [0.15, 0.2) is 0 Å². The first-order chi connectivity index (χ1) is 34.4. The van der Waals surface area contributed by atoms with Gasteiger partial charge in [-0.15, -0.1) is 0 Å². The van der Waals surface area contributed by atoms with Gasteiger partial charge in [-0.2, -0.15) is 0 Å². The van der Waals surface area contributed by atoms with E-state index in [0.717, 1.165) is 92.6 Å². The quantitative estimate of drug-likeness (QED) is 0.127. The highest BCUT2D eigenvalue weighted by atomic mass is 16.8. The van der Waals surface area contributed by atoms with Crippen molar-refractivity contribution in [3.63, 3.8) is 0 Å². The van der Waals surface area contributed by atoms with Crippen molar-refractivity contribution >= 4 is 41.8 Å². The maximum atomic E-state index is 13.1. The normalized spacial score (nSPS) is 44.7. The Morgan fingerprint density at radius 2 is 1.04 bits per heavy atom. The molecule has 0 bridgehead atoms. The van der Waals surface area contributed by atoms with Crippen molar-refractivity contribution in [3.8, 4) is 0 Å². The maximum Gasteiger partial charge on any atom is 0.303 e. The Labute approximate surface area is 427 Å². The molecule has 4 aliphatic heterocycles. The molecule has 0 aromatic carbocycles. The molecule has 0 amide bonds. The van der Waals surface area contributed by atoms with E-state index in [-0.39, 0.29) is 23.0 Å². The monoisotopic (exact) mass is 1030 g/mol. The average Bonchev–Trinajstić information content (AvgIpc) is 3.75. The largest absolute Gasteiger partial charge is 0.463 e. The molecule has 4 aliphatic carbocycles. The third kappa shape index (κ3) is 11.3. The van der Waals surface area contributed by atoms with Gasteiger partial charge >= 0.3 is 41.8 Å². The lowest BCUT2D eigenvalue weighted by Gasteiger charge is -2.61. The predicted octanol–water partition coefficient (Wildman–Crippen LogP) is 5.44. The number of esters is 7. The van der Waals surface area contributed by atoms with Gasteiger partial charge in [0.25, 0.3) is 0 Å². The molecular formula is C53H78O20. The number of rotatable bonds is 13. The molecule has 4 saturated heterocycles. The van der Waals surface area contributed by atoms with Crippen LogP contribution < -0.4 is 0 Å². The van der Waals surface area contributed by atoms with Crippen molar-refractivity contribution in [3.05, 3.63) is 0 Å². The number of hydrogen-bond acceptors (Lipinski definition) is 20. The molecule has 8 aliphatic rings. The van der Waals surface area contributed by atoms with Crippen LogP contribution in [0.4, 0.5) is 0 Å². The van der Waals surface area contributed by atoms with Crippen molar-refractivity contribution < 1.29 is 95.1 Å².